The van der Waals surface area contributed by atoms with E-state index in [4.69, 9.17) is 6.42 Å². The molecule has 0 saturated heterocycles. The molecular formula is C14H12. The van der Waals surface area contributed by atoms with Crippen LogP contribution in [0.25, 0.3) is 10.8 Å². The molecule has 0 bridgehead atoms. The third-order valence-corrected chi connectivity index (χ3v) is 2.53. The molecule has 14 heavy (non-hydrogen) atoms. The van der Waals surface area contributed by atoms with E-state index in [1.54, 1.807) is 0 Å². The van der Waals surface area contributed by atoms with Crippen molar-refractivity contribution in [2.45, 2.75) is 13.3 Å². The van der Waals surface area contributed by atoms with Crippen molar-refractivity contribution in [2.75, 3.05) is 0 Å². The normalized spacial score (nSPS) is 10.0. The maximum atomic E-state index is 5.49. The van der Waals surface area contributed by atoms with E-state index in [-0.39, 0.29) is 0 Å². The molecule has 2 rings (SSSR count). The Labute approximate surface area is 84.6 Å². The summed E-state index contributed by atoms with van der Waals surface area (Å²) in [5.74, 6) is 2.74. The molecule has 0 aromatic heterocycles. The molecule has 0 radical (unpaired) electrons. The topological polar surface area (TPSA) is 0 Å². The molecule has 68 valence electrons. The van der Waals surface area contributed by atoms with E-state index in [0.29, 0.717) is 0 Å². The number of hydrogen-bond donors (Lipinski definition) is 0. The van der Waals surface area contributed by atoms with Gasteiger partial charge >= 0.3 is 0 Å². The van der Waals surface area contributed by atoms with Crippen LogP contribution < -0.4 is 0 Å². The highest BCUT2D eigenvalue weighted by Gasteiger charge is 2.02. The van der Waals surface area contributed by atoms with Gasteiger partial charge < -0.3 is 0 Å². The van der Waals surface area contributed by atoms with Crippen LogP contribution in [-0.4, -0.2) is 0 Å². The number of benzene rings is 2. The van der Waals surface area contributed by atoms with Crippen molar-refractivity contribution >= 4 is 10.8 Å². The van der Waals surface area contributed by atoms with E-state index in [1.807, 2.05) is 12.1 Å². The van der Waals surface area contributed by atoms with Crippen molar-refractivity contribution in [3.8, 4) is 12.3 Å². The van der Waals surface area contributed by atoms with Gasteiger partial charge in [0.05, 0.1) is 0 Å². The fourth-order valence-corrected chi connectivity index (χ4v) is 1.83. The Morgan fingerprint density at radius 3 is 2.50 bits per heavy atom. The predicted molar refractivity (Wildman–Crippen MR) is 61.3 cm³/mol. The molecule has 0 amide bonds. The summed E-state index contributed by atoms with van der Waals surface area (Å²) in [6, 6.07) is 12.5. The molecule has 0 aliphatic carbocycles. The molecule has 0 spiro atoms. The van der Waals surface area contributed by atoms with Crippen LogP contribution in [0.1, 0.15) is 18.1 Å². The summed E-state index contributed by atoms with van der Waals surface area (Å²) in [4.78, 5) is 0. The Bertz CT molecular complexity index is 496. The van der Waals surface area contributed by atoms with Gasteiger partial charge in [0.15, 0.2) is 0 Å². The zero-order valence-corrected chi connectivity index (χ0v) is 8.25. The van der Waals surface area contributed by atoms with E-state index < -0.39 is 0 Å². The first kappa shape index (κ1) is 8.84. The molecule has 0 atom stereocenters. The van der Waals surface area contributed by atoms with Gasteiger partial charge in [-0.05, 0) is 23.4 Å². The van der Waals surface area contributed by atoms with Gasteiger partial charge in [-0.25, -0.2) is 0 Å². The van der Waals surface area contributed by atoms with Crippen LogP contribution in [0.15, 0.2) is 36.4 Å². The molecule has 0 fully saturated rings. The Kier molecular flexibility index (Phi) is 2.24. The molecule has 0 aliphatic heterocycles. The van der Waals surface area contributed by atoms with Gasteiger partial charge in [0, 0.05) is 10.9 Å². The summed E-state index contributed by atoms with van der Waals surface area (Å²) in [5, 5.41) is 2.47. The standard InChI is InChI=1S/C14H12/c1-3-11-7-5-9-13-10-6-8-12(4-2)14(11)13/h1,5-10H,4H2,2H3. The maximum absolute atomic E-state index is 5.49. The average Bonchev–Trinajstić information content (AvgIpc) is 2.27. The number of terminal acetylenes is 1. The van der Waals surface area contributed by atoms with E-state index in [2.05, 4.69) is 37.1 Å². The number of hydrogen-bond acceptors (Lipinski definition) is 0. The van der Waals surface area contributed by atoms with E-state index in [9.17, 15) is 0 Å². The van der Waals surface area contributed by atoms with Gasteiger partial charge in [0.1, 0.15) is 0 Å². The molecular weight excluding hydrogens is 168 g/mol. The van der Waals surface area contributed by atoms with Crippen LogP contribution in [0, 0.1) is 12.3 Å². The van der Waals surface area contributed by atoms with Crippen LogP contribution >= 0.6 is 0 Å². The third kappa shape index (κ3) is 1.28. The lowest BCUT2D eigenvalue weighted by molar-refractivity contribution is 1.16. The molecule has 0 nitrogen and oxygen atoms in total. The first-order chi connectivity index (χ1) is 6.86. The Morgan fingerprint density at radius 2 is 1.86 bits per heavy atom. The van der Waals surface area contributed by atoms with E-state index >= 15 is 0 Å². The minimum atomic E-state index is 1.000. The summed E-state index contributed by atoms with van der Waals surface area (Å²) in [7, 11) is 0. The van der Waals surface area contributed by atoms with Crippen molar-refractivity contribution in [1.29, 1.82) is 0 Å². The van der Waals surface area contributed by atoms with Gasteiger partial charge in [0.25, 0.3) is 0 Å². The van der Waals surface area contributed by atoms with Crippen molar-refractivity contribution in [1.82, 2.24) is 0 Å². The smallest absolute Gasteiger partial charge is 0.0323 e. The highest BCUT2D eigenvalue weighted by molar-refractivity contribution is 5.91. The Balaban J connectivity index is 2.90. The largest absolute Gasteiger partial charge is 0.115 e. The number of rotatable bonds is 1. The Morgan fingerprint density at radius 1 is 1.14 bits per heavy atom. The summed E-state index contributed by atoms with van der Waals surface area (Å²) >= 11 is 0. The lowest BCUT2D eigenvalue weighted by atomic mass is 9.98. The molecule has 0 aliphatic rings. The summed E-state index contributed by atoms with van der Waals surface area (Å²) in [6.45, 7) is 2.15. The zero-order chi connectivity index (χ0) is 9.97. The molecule has 0 heterocycles. The molecule has 2 aromatic carbocycles. The highest BCUT2D eigenvalue weighted by Crippen LogP contribution is 2.22. The summed E-state index contributed by atoms with van der Waals surface area (Å²) in [5.41, 5.74) is 2.33. The molecule has 0 unspecified atom stereocenters. The second-order valence-corrected chi connectivity index (χ2v) is 3.32. The molecule has 2 aromatic rings. The van der Waals surface area contributed by atoms with Gasteiger partial charge in [0.2, 0.25) is 0 Å². The third-order valence-electron chi connectivity index (χ3n) is 2.53. The fraction of sp³-hybridized carbons (Fsp3) is 0.143. The van der Waals surface area contributed by atoms with Gasteiger partial charge in [-0.15, -0.1) is 6.42 Å². The first-order valence-electron chi connectivity index (χ1n) is 4.84. The van der Waals surface area contributed by atoms with Crippen molar-refractivity contribution in [2.24, 2.45) is 0 Å². The fourth-order valence-electron chi connectivity index (χ4n) is 1.83. The number of aryl methyl sites for hydroxylation is 1. The van der Waals surface area contributed by atoms with Crippen LogP contribution in [0.5, 0.6) is 0 Å². The van der Waals surface area contributed by atoms with E-state index in [0.717, 1.165) is 12.0 Å². The minimum Gasteiger partial charge on any atom is -0.115 e. The van der Waals surface area contributed by atoms with Gasteiger partial charge in [-0.3, -0.25) is 0 Å². The average molecular weight is 180 g/mol. The zero-order valence-electron chi connectivity index (χ0n) is 8.25. The molecule has 0 saturated carbocycles. The van der Waals surface area contributed by atoms with Crippen molar-refractivity contribution in [3.63, 3.8) is 0 Å². The second-order valence-electron chi connectivity index (χ2n) is 3.32. The predicted octanol–water partition coefficient (Wildman–Crippen LogP) is 3.38. The summed E-state index contributed by atoms with van der Waals surface area (Å²) < 4.78 is 0. The van der Waals surface area contributed by atoms with Crippen LogP contribution in [0.3, 0.4) is 0 Å². The monoisotopic (exact) mass is 180 g/mol. The summed E-state index contributed by atoms with van der Waals surface area (Å²) in [6.07, 6.45) is 6.51. The minimum absolute atomic E-state index is 1.000. The SMILES string of the molecule is C#Cc1cccc2cccc(CC)c12. The highest BCUT2D eigenvalue weighted by atomic mass is 14.1. The van der Waals surface area contributed by atoms with Gasteiger partial charge in [-0.1, -0.05) is 43.2 Å². The van der Waals surface area contributed by atoms with Gasteiger partial charge in [-0.2, -0.15) is 0 Å². The van der Waals surface area contributed by atoms with Crippen LogP contribution in [0.2, 0.25) is 0 Å². The first-order valence-corrected chi connectivity index (χ1v) is 4.84. The van der Waals surface area contributed by atoms with E-state index in [1.165, 1.54) is 16.3 Å². The van der Waals surface area contributed by atoms with Crippen LogP contribution in [-0.2, 0) is 6.42 Å². The maximum Gasteiger partial charge on any atom is 0.0323 e. The number of fused-ring (bicyclic) bond motifs is 1. The van der Waals surface area contributed by atoms with Crippen molar-refractivity contribution < 1.29 is 0 Å². The lowest BCUT2D eigenvalue weighted by Gasteiger charge is -2.05. The van der Waals surface area contributed by atoms with Crippen LogP contribution in [0.4, 0.5) is 0 Å². The molecule has 0 heteroatoms. The second kappa shape index (κ2) is 3.55. The Hall–Kier alpha value is -1.74. The quantitative estimate of drug-likeness (QED) is 0.590. The lowest BCUT2D eigenvalue weighted by Crippen LogP contribution is -1.86. The van der Waals surface area contributed by atoms with Crippen molar-refractivity contribution in [3.05, 3.63) is 47.5 Å². The molecule has 0 N–H and O–H groups in total.